The van der Waals surface area contributed by atoms with E-state index in [9.17, 15) is 18.4 Å². The molecule has 9 heteroatoms. The summed E-state index contributed by atoms with van der Waals surface area (Å²) in [5, 5.41) is 21.4. The molecule has 0 aliphatic heterocycles. The Kier molecular flexibility index (Phi) is 8.93. The molecule has 0 amide bonds. The molecule has 1 aromatic heterocycles. The maximum absolute atomic E-state index is 12.6. The van der Waals surface area contributed by atoms with Gasteiger partial charge in [0, 0.05) is 23.7 Å². The Morgan fingerprint density at radius 2 is 1.72 bits per heavy atom. The summed E-state index contributed by atoms with van der Waals surface area (Å²) in [5.41, 5.74) is 2.87. The van der Waals surface area contributed by atoms with E-state index in [0.717, 1.165) is 5.56 Å². The molecular formula is C23H26F3N3O3. The van der Waals surface area contributed by atoms with Crippen LogP contribution < -0.4 is 10.1 Å². The van der Waals surface area contributed by atoms with Gasteiger partial charge in [0.2, 0.25) is 0 Å². The Balaban J connectivity index is 0.000000837. The third-order valence-corrected chi connectivity index (χ3v) is 4.70. The van der Waals surface area contributed by atoms with E-state index in [1.807, 2.05) is 6.92 Å². The number of aromatic nitrogens is 1. The zero-order valence-corrected chi connectivity index (χ0v) is 18.2. The minimum Gasteiger partial charge on any atom is -0.406 e. The summed E-state index contributed by atoms with van der Waals surface area (Å²) in [7, 11) is 0. The molecule has 0 saturated carbocycles. The Bertz CT molecular complexity index is 1050. The number of ether oxygens (including phenoxy) is 1. The number of hydrogen-bond donors (Lipinski definition) is 2. The van der Waals surface area contributed by atoms with E-state index in [-0.39, 0.29) is 12.5 Å². The lowest BCUT2D eigenvalue weighted by atomic mass is 10.1. The summed E-state index contributed by atoms with van der Waals surface area (Å²) in [6, 6.07) is 13.1. The Morgan fingerprint density at radius 1 is 1.06 bits per heavy atom. The summed E-state index contributed by atoms with van der Waals surface area (Å²) < 4.78 is 43.5. The van der Waals surface area contributed by atoms with Gasteiger partial charge >= 0.3 is 6.36 Å². The molecule has 0 fully saturated rings. The number of halogens is 3. The summed E-state index contributed by atoms with van der Waals surface area (Å²) in [6.07, 6.45) is -2.15. The Hall–Kier alpha value is -3.22. The lowest BCUT2D eigenvalue weighted by Gasteiger charge is -2.11. The fourth-order valence-electron chi connectivity index (χ4n) is 3.13. The molecule has 0 aliphatic rings. The zero-order valence-electron chi connectivity index (χ0n) is 18.2. The normalized spacial score (nSPS) is 10.9. The fourth-order valence-corrected chi connectivity index (χ4v) is 3.13. The number of benzene rings is 2. The molecule has 6 nitrogen and oxygen atoms in total. The molecule has 3 rings (SSSR count). The van der Waals surface area contributed by atoms with Crippen molar-refractivity contribution in [2.75, 3.05) is 12.0 Å². The average molecular weight is 449 g/mol. The van der Waals surface area contributed by atoms with Crippen LogP contribution >= 0.6 is 0 Å². The van der Waals surface area contributed by atoms with Crippen LogP contribution in [0.4, 0.5) is 18.9 Å². The highest BCUT2D eigenvalue weighted by Gasteiger charge is 2.31. The van der Waals surface area contributed by atoms with Crippen molar-refractivity contribution in [2.24, 2.45) is 0 Å². The lowest BCUT2D eigenvalue weighted by molar-refractivity contribution is -0.274. The Labute approximate surface area is 184 Å². The lowest BCUT2D eigenvalue weighted by Crippen LogP contribution is -2.17. The zero-order chi connectivity index (χ0) is 23.7. The highest BCUT2D eigenvalue weighted by molar-refractivity contribution is 5.95. The first-order valence-corrected chi connectivity index (χ1v) is 10.2. The second kappa shape index (κ2) is 11.4. The monoisotopic (exact) mass is 449 g/mol. The van der Waals surface area contributed by atoms with E-state index in [0.29, 0.717) is 34.4 Å². The van der Waals surface area contributed by atoms with Gasteiger partial charge < -0.3 is 14.6 Å². The van der Waals surface area contributed by atoms with E-state index >= 15 is 0 Å². The predicted octanol–water partition coefficient (Wildman–Crippen LogP) is 6.76. The first-order chi connectivity index (χ1) is 15.3. The highest BCUT2D eigenvalue weighted by atomic mass is 19.4. The number of hydrogen-bond acceptors (Lipinski definition) is 5. The van der Waals surface area contributed by atoms with Crippen LogP contribution in [0, 0.1) is 11.3 Å². The van der Waals surface area contributed by atoms with Gasteiger partial charge in [-0.2, -0.15) is 5.26 Å². The second-order valence-corrected chi connectivity index (χ2v) is 6.83. The molecule has 0 radical (unpaired) electrons. The second-order valence-electron chi connectivity index (χ2n) is 6.83. The molecule has 2 aromatic carbocycles. The number of rotatable bonds is 7. The van der Waals surface area contributed by atoms with Crippen LogP contribution in [-0.4, -0.2) is 22.9 Å². The molecule has 172 valence electrons. The van der Waals surface area contributed by atoms with Gasteiger partial charge in [0.15, 0.2) is 6.73 Å². The van der Waals surface area contributed by atoms with Crippen LogP contribution in [0.1, 0.15) is 39.2 Å². The number of nitrogens with zero attached hydrogens (tertiary/aromatic N) is 2. The van der Waals surface area contributed by atoms with Crippen LogP contribution in [0.5, 0.6) is 5.75 Å². The first-order valence-electron chi connectivity index (χ1n) is 10.2. The standard InChI is InChI=1S/C19H16F3N3O3.C4H10/c1-2-25-17-9-14(28-19(20,21)22)7-8-15(17)16(10-23)18(25)12-3-5-13(6-4-12)24-11-27-26;1-3-4-2/h3-9,24,26H,2,11H2,1H3;3-4H2,1-2H3. The average Bonchev–Trinajstić information content (AvgIpc) is 3.09. The molecule has 0 atom stereocenters. The quantitative estimate of drug-likeness (QED) is 0.237. The van der Waals surface area contributed by atoms with Crippen molar-refractivity contribution in [3.8, 4) is 23.1 Å². The van der Waals surface area contributed by atoms with Crippen molar-refractivity contribution >= 4 is 16.6 Å². The molecular weight excluding hydrogens is 423 g/mol. The summed E-state index contributed by atoms with van der Waals surface area (Å²) in [4.78, 5) is 3.97. The van der Waals surface area contributed by atoms with E-state index < -0.39 is 6.36 Å². The van der Waals surface area contributed by atoms with E-state index in [2.05, 4.69) is 34.9 Å². The van der Waals surface area contributed by atoms with Crippen LogP contribution in [-0.2, 0) is 11.4 Å². The minimum atomic E-state index is -4.79. The molecule has 0 unspecified atom stereocenters. The van der Waals surface area contributed by atoms with Crippen molar-refractivity contribution < 1.29 is 28.1 Å². The molecule has 3 aromatic rings. The number of aryl methyl sites for hydroxylation is 1. The van der Waals surface area contributed by atoms with Crippen LogP contribution in [0.2, 0.25) is 0 Å². The highest BCUT2D eigenvalue weighted by Crippen LogP contribution is 2.36. The molecule has 0 bridgehead atoms. The van der Waals surface area contributed by atoms with Crippen molar-refractivity contribution in [2.45, 2.75) is 46.5 Å². The maximum Gasteiger partial charge on any atom is 0.573 e. The minimum absolute atomic E-state index is 0.0833. The van der Waals surface area contributed by atoms with E-state index in [4.69, 9.17) is 5.26 Å². The molecule has 0 aliphatic carbocycles. The molecule has 2 N–H and O–H groups in total. The topological polar surface area (TPSA) is 79.4 Å². The van der Waals surface area contributed by atoms with Crippen molar-refractivity contribution in [1.82, 2.24) is 4.57 Å². The number of fused-ring (bicyclic) bond motifs is 1. The van der Waals surface area contributed by atoms with Gasteiger partial charge in [0.05, 0.1) is 16.8 Å². The molecule has 1 heterocycles. The largest absolute Gasteiger partial charge is 0.573 e. The number of anilines is 1. The number of nitriles is 1. The number of unbranched alkanes of at least 4 members (excludes halogenated alkanes) is 1. The van der Waals surface area contributed by atoms with Gasteiger partial charge in [-0.1, -0.05) is 38.8 Å². The van der Waals surface area contributed by atoms with Gasteiger partial charge in [-0.3, -0.25) is 0 Å². The molecule has 32 heavy (non-hydrogen) atoms. The summed E-state index contributed by atoms with van der Waals surface area (Å²) >= 11 is 0. The fraction of sp³-hybridized carbons (Fsp3) is 0.348. The SMILES string of the molecule is CCCC.CCn1c(-c2ccc(NCOO)cc2)c(C#N)c2ccc(OC(F)(F)F)cc21. The van der Waals surface area contributed by atoms with Gasteiger partial charge in [-0.15, -0.1) is 13.2 Å². The predicted molar refractivity (Wildman–Crippen MR) is 117 cm³/mol. The van der Waals surface area contributed by atoms with Crippen LogP contribution in [0.25, 0.3) is 22.2 Å². The van der Waals surface area contributed by atoms with Crippen molar-refractivity contribution in [3.05, 3.63) is 48.0 Å². The van der Waals surface area contributed by atoms with Crippen molar-refractivity contribution in [1.29, 1.82) is 5.26 Å². The maximum atomic E-state index is 12.6. The third kappa shape index (κ3) is 6.15. The van der Waals surface area contributed by atoms with Crippen LogP contribution in [0.15, 0.2) is 42.5 Å². The van der Waals surface area contributed by atoms with Crippen molar-refractivity contribution in [3.63, 3.8) is 0 Å². The van der Waals surface area contributed by atoms with Gasteiger partial charge in [-0.05, 0) is 36.8 Å². The van der Waals surface area contributed by atoms with Crippen LogP contribution in [0.3, 0.4) is 0 Å². The Morgan fingerprint density at radius 3 is 2.22 bits per heavy atom. The third-order valence-electron chi connectivity index (χ3n) is 4.70. The van der Waals surface area contributed by atoms with Gasteiger partial charge in [0.1, 0.15) is 11.8 Å². The number of nitrogens with one attached hydrogen (secondary N) is 1. The van der Waals surface area contributed by atoms with E-state index in [1.54, 1.807) is 28.8 Å². The number of alkyl halides is 3. The summed E-state index contributed by atoms with van der Waals surface area (Å²) in [5.74, 6) is -0.341. The van der Waals surface area contributed by atoms with E-state index in [1.165, 1.54) is 31.0 Å². The van der Waals surface area contributed by atoms with Gasteiger partial charge in [-0.25, -0.2) is 10.1 Å². The molecule has 0 saturated heterocycles. The van der Waals surface area contributed by atoms with Gasteiger partial charge in [0.25, 0.3) is 0 Å². The molecule has 0 spiro atoms. The summed E-state index contributed by atoms with van der Waals surface area (Å²) in [6.45, 7) is 6.57. The smallest absolute Gasteiger partial charge is 0.406 e. The first kappa shape index (κ1) is 25.0.